The topological polar surface area (TPSA) is 67.6 Å². The van der Waals surface area contributed by atoms with Gasteiger partial charge in [-0.15, -0.1) is 0 Å². The van der Waals surface area contributed by atoms with Gasteiger partial charge in [0.25, 0.3) is 0 Å². The van der Waals surface area contributed by atoms with Crippen molar-refractivity contribution in [1.82, 2.24) is 10.2 Å². The zero-order valence-electron chi connectivity index (χ0n) is 13.9. The van der Waals surface area contributed by atoms with Gasteiger partial charge in [0.2, 0.25) is 5.91 Å². The monoisotopic (exact) mass is 316 g/mol. The highest BCUT2D eigenvalue weighted by Gasteiger charge is 2.45. The van der Waals surface area contributed by atoms with Gasteiger partial charge in [-0.1, -0.05) is 12.1 Å². The molecule has 3 atom stereocenters. The van der Waals surface area contributed by atoms with Crippen LogP contribution < -0.4 is 11.1 Å². The number of ether oxygens (including phenoxy) is 1. The van der Waals surface area contributed by atoms with E-state index in [1.807, 2.05) is 23.1 Å². The molecule has 0 aromatic heterocycles. The van der Waals surface area contributed by atoms with Crippen LogP contribution >= 0.6 is 0 Å². The van der Waals surface area contributed by atoms with Crippen molar-refractivity contribution >= 4 is 11.6 Å². The van der Waals surface area contributed by atoms with E-state index in [1.54, 1.807) is 7.11 Å². The first-order chi connectivity index (χ1) is 11.1. The smallest absolute Gasteiger partial charge is 0.225 e. The van der Waals surface area contributed by atoms with Crippen LogP contribution in [0.4, 0.5) is 5.69 Å². The molecule has 1 aromatic carbocycles. The summed E-state index contributed by atoms with van der Waals surface area (Å²) in [5, 5.41) is 3.55. The maximum Gasteiger partial charge on any atom is 0.225 e. The van der Waals surface area contributed by atoms with Crippen molar-refractivity contribution < 1.29 is 9.53 Å². The Labute approximate surface area is 138 Å². The first-order valence-corrected chi connectivity index (χ1v) is 8.36. The second kappa shape index (κ2) is 6.89. The summed E-state index contributed by atoms with van der Waals surface area (Å²) in [6, 6.07) is 8.26. The molecule has 3 N–H and O–H groups in total. The zero-order valence-corrected chi connectivity index (χ0v) is 13.9. The number of amides is 1. The number of nitrogens with two attached hydrogens (primary N) is 1. The Hall–Kier alpha value is -1.59. The van der Waals surface area contributed by atoms with Crippen molar-refractivity contribution in [1.29, 1.82) is 0 Å². The van der Waals surface area contributed by atoms with Crippen LogP contribution in [0.3, 0.4) is 0 Å². The summed E-state index contributed by atoms with van der Waals surface area (Å²) in [6.07, 6.45) is 2.85. The quantitative estimate of drug-likeness (QED) is 0.817. The number of hydrogen-bond donors (Lipinski definition) is 2. The molecule has 3 rings (SSSR count). The van der Waals surface area contributed by atoms with Gasteiger partial charge >= 0.3 is 0 Å². The lowest BCUT2D eigenvalue weighted by Gasteiger charge is -2.46. The van der Waals surface area contributed by atoms with Gasteiger partial charge in [-0.25, -0.2) is 0 Å². The van der Waals surface area contributed by atoms with Gasteiger partial charge in [-0.3, -0.25) is 4.79 Å². The summed E-state index contributed by atoms with van der Waals surface area (Å²) in [4.78, 5) is 14.8. The van der Waals surface area contributed by atoms with Gasteiger partial charge in [0.1, 0.15) is 0 Å². The molecule has 2 fully saturated rings. The molecule has 5 nitrogen and oxygen atoms in total. The second-order valence-electron chi connectivity index (χ2n) is 6.60. The Morgan fingerprint density at radius 3 is 2.87 bits per heavy atom. The largest absolute Gasteiger partial charge is 0.399 e. The minimum absolute atomic E-state index is 0.0235. The Morgan fingerprint density at radius 1 is 1.43 bits per heavy atom. The second-order valence-corrected chi connectivity index (χ2v) is 6.60. The van der Waals surface area contributed by atoms with Gasteiger partial charge in [0, 0.05) is 31.4 Å². The number of piperazine rings is 1. The van der Waals surface area contributed by atoms with Crippen LogP contribution in [-0.4, -0.2) is 36.6 Å². The minimum Gasteiger partial charge on any atom is -0.399 e. The predicted molar refractivity (Wildman–Crippen MR) is 90.3 cm³/mol. The van der Waals surface area contributed by atoms with Gasteiger partial charge in [-0.2, -0.15) is 0 Å². The Kier molecular flexibility index (Phi) is 4.87. The maximum atomic E-state index is 12.8. The molecule has 1 heterocycles. The fraction of sp³-hybridized carbons (Fsp3) is 0.556. The SMILES string of the molecule is COCCC(=O)N1C(C)[CH]NC(C2CC2)C1c1cccc(N)c1. The number of benzene rings is 1. The molecule has 23 heavy (non-hydrogen) atoms. The van der Waals surface area contributed by atoms with E-state index in [1.165, 1.54) is 12.8 Å². The van der Waals surface area contributed by atoms with Crippen molar-refractivity contribution in [3.8, 4) is 0 Å². The molecule has 1 aromatic rings. The summed E-state index contributed by atoms with van der Waals surface area (Å²) in [5.74, 6) is 0.762. The number of hydrogen-bond acceptors (Lipinski definition) is 4. The number of nitrogens with one attached hydrogen (secondary N) is 1. The van der Waals surface area contributed by atoms with Crippen LogP contribution in [-0.2, 0) is 9.53 Å². The van der Waals surface area contributed by atoms with Crippen molar-refractivity contribution in [3.05, 3.63) is 36.4 Å². The Balaban J connectivity index is 1.92. The molecule has 125 valence electrons. The third-order valence-electron chi connectivity index (χ3n) is 4.80. The lowest BCUT2D eigenvalue weighted by atomic mass is 9.89. The molecule has 2 aliphatic rings. The highest BCUT2D eigenvalue weighted by molar-refractivity contribution is 5.77. The number of nitrogen functional groups attached to an aromatic ring is 1. The zero-order chi connectivity index (χ0) is 16.4. The van der Waals surface area contributed by atoms with Crippen molar-refractivity contribution in [2.75, 3.05) is 19.5 Å². The summed E-state index contributed by atoms with van der Waals surface area (Å²) in [7, 11) is 1.63. The van der Waals surface area contributed by atoms with E-state index in [2.05, 4.69) is 24.9 Å². The molecule has 3 unspecified atom stereocenters. The molecule has 1 amide bonds. The van der Waals surface area contributed by atoms with E-state index in [0.717, 1.165) is 11.3 Å². The van der Waals surface area contributed by atoms with Gasteiger partial charge in [-0.05, 0) is 43.4 Å². The molecule has 1 aliphatic heterocycles. The summed E-state index contributed by atoms with van der Waals surface area (Å²) >= 11 is 0. The third kappa shape index (κ3) is 3.51. The molecule has 0 bridgehead atoms. The van der Waals surface area contributed by atoms with E-state index < -0.39 is 0 Å². The van der Waals surface area contributed by atoms with Gasteiger partial charge < -0.3 is 20.7 Å². The number of carbonyl (C=O) groups is 1. The summed E-state index contributed by atoms with van der Waals surface area (Å²) < 4.78 is 5.09. The van der Waals surface area contributed by atoms with Crippen LogP contribution in [0.15, 0.2) is 24.3 Å². The van der Waals surface area contributed by atoms with E-state index in [9.17, 15) is 4.79 Å². The molecule has 1 saturated heterocycles. The average Bonchev–Trinajstić information content (AvgIpc) is 3.37. The maximum absolute atomic E-state index is 12.8. The lowest BCUT2D eigenvalue weighted by molar-refractivity contribution is -0.139. The van der Waals surface area contributed by atoms with Crippen LogP contribution in [0.25, 0.3) is 0 Å². The predicted octanol–water partition coefficient (Wildman–Crippen LogP) is 2.11. The van der Waals surface area contributed by atoms with Crippen LogP contribution in [0.5, 0.6) is 0 Å². The first kappa shape index (κ1) is 16.3. The summed E-state index contributed by atoms with van der Waals surface area (Å²) in [5.41, 5.74) is 7.84. The standard InChI is InChI=1S/C18H26N3O2/c1-12-11-20-17(13-6-7-13)18(14-4-3-5-15(19)10-14)21(12)16(22)8-9-23-2/h3-5,10-13,17-18,20H,6-9,19H2,1-2H3. The highest BCUT2D eigenvalue weighted by Crippen LogP contribution is 2.43. The average molecular weight is 316 g/mol. The number of carbonyl (C=O) groups excluding carboxylic acids is 1. The lowest BCUT2D eigenvalue weighted by Crippen LogP contribution is -2.57. The van der Waals surface area contributed by atoms with E-state index in [0.29, 0.717) is 18.9 Å². The molecule has 1 radical (unpaired) electrons. The number of nitrogens with zero attached hydrogens (tertiary/aromatic N) is 1. The molecule has 5 heteroatoms. The fourth-order valence-electron chi connectivity index (χ4n) is 3.51. The molecular weight excluding hydrogens is 290 g/mol. The van der Waals surface area contributed by atoms with Crippen molar-refractivity contribution in [3.63, 3.8) is 0 Å². The van der Waals surface area contributed by atoms with Gasteiger partial charge in [0.15, 0.2) is 0 Å². The van der Waals surface area contributed by atoms with Crippen LogP contribution in [0.2, 0.25) is 0 Å². The van der Waals surface area contributed by atoms with E-state index in [4.69, 9.17) is 10.5 Å². The first-order valence-electron chi connectivity index (χ1n) is 8.36. The number of anilines is 1. The summed E-state index contributed by atoms with van der Waals surface area (Å²) in [6.45, 7) is 4.56. The van der Waals surface area contributed by atoms with Crippen LogP contribution in [0.1, 0.15) is 37.8 Å². The van der Waals surface area contributed by atoms with Crippen molar-refractivity contribution in [2.24, 2.45) is 5.92 Å². The Bertz CT molecular complexity index is 559. The number of rotatable bonds is 5. The van der Waals surface area contributed by atoms with Gasteiger partial charge in [0.05, 0.1) is 19.1 Å². The van der Waals surface area contributed by atoms with Crippen LogP contribution in [0, 0.1) is 12.5 Å². The Morgan fingerprint density at radius 2 is 2.22 bits per heavy atom. The third-order valence-corrected chi connectivity index (χ3v) is 4.80. The minimum atomic E-state index is 0.0235. The molecule has 1 saturated carbocycles. The van der Waals surface area contributed by atoms with E-state index >= 15 is 0 Å². The molecule has 1 aliphatic carbocycles. The fourth-order valence-corrected chi connectivity index (χ4v) is 3.51. The molecular formula is C18H26N3O2. The van der Waals surface area contributed by atoms with Crippen molar-refractivity contribution in [2.45, 2.75) is 44.3 Å². The number of methoxy groups -OCH3 is 1. The highest BCUT2D eigenvalue weighted by atomic mass is 16.5. The normalized spacial score (nSPS) is 27.9. The molecule has 0 spiro atoms. The van der Waals surface area contributed by atoms with E-state index in [-0.39, 0.29) is 24.0 Å².